The van der Waals surface area contributed by atoms with E-state index in [-0.39, 0.29) is 24.0 Å². The van der Waals surface area contributed by atoms with Crippen molar-refractivity contribution in [3.05, 3.63) is 78.1 Å². The number of halogens is 1. The molecule has 0 aliphatic carbocycles. The van der Waals surface area contributed by atoms with Crippen LogP contribution in [-0.4, -0.2) is 0 Å². The molecule has 0 bridgehead atoms. The maximum atomic E-state index is 2.34. The first-order valence-electron chi connectivity index (χ1n) is 6.82. The van der Waals surface area contributed by atoms with Crippen LogP contribution in [-0.2, 0) is 13.0 Å². The summed E-state index contributed by atoms with van der Waals surface area (Å²) in [6.07, 6.45) is 3.24. The Morgan fingerprint density at radius 3 is 2.20 bits per heavy atom. The van der Waals surface area contributed by atoms with Gasteiger partial charge in [-0.1, -0.05) is 48.5 Å². The van der Waals surface area contributed by atoms with Crippen LogP contribution in [0.2, 0.25) is 0 Å². The first-order valence-corrected chi connectivity index (χ1v) is 6.82. The summed E-state index contributed by atoms with van der Waals surface area (Å²) in [5.41, 5.74) is 2.73. The molecule has 0 radical (unpaired) electrons. The van der Waals surface area contributed by atoms with Gasteiger partial charge in [-0.25, -0.2) is 4.57 Å². The lowest BCUT2D eigenvalue weighted by Crippen LogP contribution is -3.00. The molecule has 0 N–H and O–H groups in total. The summed E-state index contributed by atoms with van der Waals surface area (Å²) in [5.74, 6) is 0. The van der Waals surface area contributed by atoms with Gasteiger partial charge in [0.25, 0.3) is 0 Å². The quantitative estimate of drug-likeness (QED) is 0.470. The zero-order valence-corrected chi connectivity index (χ0v) is 13.7. The Hall–Kier alpha value is -1.42. The number of pyridine rings is 1. The molecule has 2 heteroatoms. The van der Waals surface area contributed by atoms with Crippen LogP contribution >= 0.6 is 0 Å². The number of fused-ring (bicyclic) bond motifs is 1. The van der Waals surface area contributed by atoms with E-state index in [1.54, 1.807) is 0 Å². The molecular formula is C18H18IN. The number of hydrogen-bond donors (Lipinski definition) is 0. The molecule has 20 heavy (non-hydrogen) atoms. The van der Waals surface area contributed by atoms with Gasteiger partial charge >= 0.3 is 0 Å². The van der Waals surface area contributed by atoms with E-state index in [0.29, 0.717) is 0 Å². The Morgan fingerprint density at radius 2 is 1.50 bits per heavy atom. The van der Waals surface area contributed by atoms with E-state index in [1.165, 1.54) is 22.0 Å². The van der Waals surface area contributed by atoms with Crippen molar-refractivity contribution in [2.75, 3.05) is 0 Å². The molecule has 0 aliphatic rings. The highest BCUT2D eigenvalue weighted by molar-refractivity contribution is 5.80. The predicted molar refractivity (Wildman–Crippen MR) is 79.1 cm³/mol. The molecule has 0 aliphatic heterocycles. The van der Waals surface area contributed by atoms with Crippen LogP contribution in [0.1, 0.15) is 18.2 Å². The number of hydrogen-bond acceptors (Lipinski definition) is 0. The van der Waals surface area contributed by atoms with Crippen LogP contribution < -0.4 is 28.5 Å². The molecule has 0 atom stereocenters. The average Bonchev–Trinajstić information content (AvgIpc) is 2.47. The molecule has 0 spiro atoms. The minimum Gasteiger partial charge on any atom is -1.00 e. The van der Waals surface area contributed by atoms with Gasteiger partial charge in [0.2, 0.25) is 0 Å². The zero-order valence-electron chi connectivity index (χ0n) is 11.6. The van der Waals surface area contributed by atoms with Gasteiger partial charge in [0, 0.05) is 11.5 Å². The van der Waals surface area contributed by atoms with Crippen molar-refractivity contribution >= 4 is 10.8 Å². The van der Waals surface area contributed by atoms with Gasteiger partial charge in [0.05, 0.1) is 6.42 Å². The summed E-state index contributed by atoms with van der Waals surface area (Å²) in [7, 11) is 0. The zero-order chi connectivity index (χ0) is 13.1. The van der Waals surface area contributed by atoms with Crippen LogP contribution in [0.3, 0.4) is 0 Å². The normalized spacial score (nSPS) is 10.2. The summed E-state index contributed by atoms with van der Waals surface area (Å²) in [6, 6.07) is 21.5. The second-order valence-electron chi connectivity index (χ2n) is 4.84. The second-order valence-corrected chi connectivity index (χ2v) is 4.84. The average molecular weight is 375 g/mol. The van der Waals surface area contributed by atoms with Crippen molar-refractivity contribution in [2.45, 2.75) is 19.9 Å². The van der Waals surface area contributed by atoms with Crippen LogP contribution in [0, 0.1) is 0 Å². The van der Waals surface area contributed by atoms with Crippen molar-refractivity contribution in [2.24, 2.45) is 0 Å². The molecule has 0 fully saturated rings. The summed E-state index contributed by atoms with van der Waals surface area (Å²) in [4.78, 5) is 0. The Bertz CT molecular complexity index is 692. The molecule has 1 nitrogen and oxygen atoms in total. The first kappa shape index (κ1) is 15.0. The van der Waals surface area contributed by atoms with Crippen molar-refractivity contribution in [1.82, 2.24) is 0 Å². The third-order valence-corrected chi connectivity index (χ3v) is 3.55. The van der Waals surface area contributed by atoms with Crippen LogP contribution in [0.25, 0.3) is 10.8 Å². The van der Waals surface area contributed by atoms with Crippen molar-refractivity contribution in [3.8, 4) is 0 Å². The molecule has 1 heterocycles. The molecule has 0 saturated carbocycles. The molecule has 2 aromatic carbocycles. The standard InChI is InChI=1S/C18H18N.HI/c1-2-19-14-17-11-7-6-10-16(17)13-18(19)12-15-8-4-3-5-9-15;/h3-11,13-14H,2,12H2,1H3;1H/q+1;/p-1. The lowest BCUT2D eigenvalue weighted by Gasteiger charge is -2.05. The maximum absolute atomic E-state index is 2.34. The fourth-order valence-electron chi connectivity index (χ4n) is 2.53. The van der Waals surface area contributed by atoms with E-state index in [4.69, 9.17) is 0 Å². The lowest BCUT2D eigenvalue weighted by atomic mass is 10.1. The van der Waals surface area contributed by atoms with E-state index >= 15 is 0 Å². The Morgan fingerprint density at radius 1 is 0.850 bits per heavy atom. The number of aryl methyl sites for hydroxylation is 1. The molecular weight excluding hydrogens is 357 g/mol. The van der Waals surface area contributed by atoms with E-state index in [2.05, 4.69) is 78.4 Å². The third-order valence-electron chi connectivity index (χ3n) is 3.55. The summed E-state index contributed by atoms with van der Waals surface area (Å²) < 4.78 is 2.34. The summed E-state index contributed by atoms with van der Waals surface area (Å²) in [6.45, 7) is 3.20. The largest absolute Gasteiger partial charge is 1.00 e. The molecule has 3 aromatic rings. The fourth-order valence-corrected chi connectivity index (χ4v) is 2.53. The van der Waals surface area contributed by atoms with Crippen molar-refractivity contribution < 1.29 is 28.5 Å². The number of aromatic nitrogens is 1. The fraction of sp³-hybridized carbons (Fsp3) is 0.167. The van der Waals surface area contributed by atoms with Gasteiger partial charge in [0.1, 0.15) is 6.54 Å². The second kappa shape index (κ2) is 6.84. The van der Waals surface area contributed by atoms with Gasteiger partial charge in [-0.2, -0.15) is 0 Å². The molecule has 102 valence electrons. The first-order chi connectivity index (χ1) is 9.36. The van der Waals surface area contributed by atoms with Gasteiger partial charge in [-0.05, 0) is 23.9 Å². The minimum absolute atomic E-state index is 0. The van der Waals surface area contributed by atoms with Crippen LogP contribution in [0.15, 0.2) is 66.9 Å². The monoisotopic (exact) mass is 375 g/mol. The highest BCUT2D eigenvalue weighted by Gasteiger charge is 2.11. The molecule has 0 saturated heterocycles. The van der Waals surface area contributed by atoms with Crippen molar-refractivity contribution in [3.63, 3.8) is 0 Å². The number of nitrogens with zero attached hydrogens (tertiary/aromatic N) is 1. The van der Waals surface area contributed by atoms with Crippen LogP contribution in [0.4, 0.5) is 0 Å². The SMILES string of the molecule is CC[n+]1cc2ccccc2cc1Cc1ccccc1.[I-]. The Kier molecular flexibility index (Phi) is 5.12. The topological polar surface area (TPSA) is 3.88 Å². The van der Waals surface area contributed by atoms with Gasteiger partial charge < -0.3 is 24.0 Å². The summed E-state index contributed by atoms with van der Waals surface area (Å²) >= 11 is 0. The molecule has 3 rings (SSSR count). The minimum atomic E-state index is 0. The van der Waals surface area contributed by atoms with E-state index in [9.17, 15) is 0 Å². The molecule has 1 aromatic heterocycles. The van der Waals surface area contributed by atoms with Gasteiger partial charge in [-0.15, -0.1) is 0 Å². The number of rotatable bonds is 3. The third kappa shape index (κ3) is 3.18. The van der Waals surface area contributed by atoms with Gasteiger partial charge in [-0.3, -0.25) is 0 Å². The Labute approximate surface area is 137 Å². The summed E-state index contributed by atoms with van der Waals surface area (Å²) in [5, 5.41) is 2.62. The van der Waals surface area contributed by atoms with Gasteiger partial charge in [0.15, 0.2) is 11.9 Å². The van der Waals surface area contributed by atoms with E-state index in [0.717, 1.165) is 13.0 Å². The molecule has 0 unspecified atom stereocenters. The molecule has 0 amide bonds. The maximum Gasteiger partial charge on any atom is 0.186 e. The highest BCUT2D eigenvalue weighted by atomic mass is 127. The van der Waals surface area contributed by atoms with E-state index in [1.807, 2.05) is 0 Å². The highest BCUT2D eigenvalue weighted by Crippen LogP contribution is 2.14. The Balaban J connectivity index is 0.00000147. The van der Waals surface area contributed by atoms with E-state index < -0.39 is 0 Å². The van der Waals surface area contributed by atoms with Crippen molar-refractivity contribution in [1.29, 1.82) is 0 Å². The lowest BCUT2D eigenvalue weighted by molar-refractivity contribution is -0.699. The smallest absolute Gasteiger partial charge is 0.186 e. The number of benzene rings is 2. The predicted octanol–water partition coefficient (Wildman–Crippen LogP) is 0.742. The van der Waals surface area contributed by atoms with Crippen LogP contribution in [0.5, 0.6) is 0 Å².